The Morgan fingerprint density at radius 3 is 2.57 bits per heavy atom. The Morgan fingerprint density at radius 1 is 1.33 bits per heavy atom. The molecule has 0 radical (unpaired) electrons. The summed E-state index contributed by atoms with van der Waals surface area (Å²) >= 11 is 0. The van der Waals surface area contributed by atoms with E-state index in [4.69, 9.17) is 5.73 Å². The number of nitrogens with zero attached hydrogens (tertiary/aromatic N) is 2. The van der Waals surface area contributed by atoms with Crippen molar-refractivity contribution in [2.75, 3.05) is 0 Å². The first-order chi connectivity index (χ1) is 10.0. The molecule has 0 fully saturated rings. The minimum Gasteiger partial charge on any atom is -0.368 e. The third-order valence-electron chi connectivity index (χ3n) is 3.50. The highest BCUT2D eigenvalue weighted by molar-refractivity contribution is 5.86. The number of benzene rings is 1. The van der Waals surface area contributed by atoms with Gasteiger partial charge in [-0.2, -0.15) is 5.10 Å². The standard InChI is InChI=1S/C16H22N4O/c1-13(2)19-16(15(17)21,14-7-4-3-5-8-14)9-12-20-11-6-10-18-20/h3-8,10-11,13,19H,9,12H2,1-2H3,(H2,17,21). The van der Waals surface area contributed by atoms with Crippen LogP contribution in [0.15, 0.2) is 48.8 Å². The highest BCUT2D eigenvalue weighted by atomic mass is 16.1. The number of hydrogen-bond donors (Lipinski definition) is 2. The molecular formula is C16H22N4O. The fourth-order valence-corrected chi connectivity index (χ4v) is 2.57. The molecule has 2 rings (SSSR count). The van der Waals surface area contributed by atoms with Crippen LogP contribution in [0.4, 0.5) is 0 Å². The fraction of sp³-hybridized carbons (Fsp3) is 0.375. The number of aryl methyl sites for hydroxylation is 1. The molecule has 112 valence electrons. The number of primary amides is 1. The second-order valence-corrected chi connectivity index (χ2v) is 5.45. The Kier molecular flexibility index (Phi) is 4.75. The van der Waals surface area contributed by atoms with Crippen LogP contribution in [0.1, 0.15) is 25.8 Å². The van der Waals surface area contributed by atoms with Crippen LogP contribution < -0.4 is 11.1 Å². The van der Waals surface area contributed by atoms with E-state index in [1.165, 1.54) is 0 Å². The summed E-state index contributed by atoms with van der Waals surface area (Å²) in [6.07, 6.45) is 4.16. The first-order valence-corrected chi connectivity index (χ1v) is 7.15. The van der Waals surface area contributed by atoms with Gasteiger partial charge in [-0.3, -0.25) is 14.8 Å². The number of aromatic nitrogens is 2. The largest absolute Gasteiger partial charge is 0.368 e. The number of hydrogen-bond acceptors (Lipinski definition) is 3. The number of amides is 1. The molecule has 1 atom stereocenters. The van der Waals surface area contributed by atoms with Gasteiger partial charge in [-0.1, -0.05) is 30.3 Å². The molecule has 0 aliphatic carbocycles. The molecule has 0 spiro atoms. The summed E-state index contributed by atoms with van der Waals surface area (Å²) in [7, 11) is 0. The lowest BCUT2D eigenvalue weighted by Crippen LogP contribution is -2.55. The second-order valence-electron chi connectivity index (χ2n) is 5.45. The smallest absolute Gasteiger partial charge is 0.242 e. The van der Waals surface area contributed by atoms with Gasteiger partial charge in [-0.15, -0.1) is 0 Å². The first kappa shape index (κ1) is 15.3. The summed E-state index contributed by atoms with van der Waals surface area (Å²) in [6.45, 7) is 4.63. The Hall–Kier alpha value is -2.14. The molecule has 1 aromatic heterocycles. The maximum atomic E-state index is 12.2. The van der Waals surface area contributed by atoms with E-state index in [9.17, 15) is 4.79 Å². The van der Waals surface area contributed by atoms with Gasteiger partial charge in [0.2, 0.25) is 5.91 Å². The molecule has 0 bridgehead atoms. The van der Waals surface area contributed by atoms with E-state index in [-0.39, 0.29) is 11.9 Å². The average molecular weight is 286 g/mol. The van der Waals surface area contributed by atoms with Gasteiger partial charge in [-0.25, -0.2) is 0 Å². The third kappa shape index (κ3) is 3.49. The van der Waals surface area contributed by atoms with Crippen molar-refractivity contribution in [2.45, 2.75) is 38.4 Å². The predicted octanol–water partition coefficient (Wildman–Crippen LogP) is 1.65. The minimum absolute atomic E-state index is 0.135. The zero-order valence-corrected chi connectivity index (χ0v) is 12.5. The van der Waals surface area contributed by atoms with E-state index in [0.717, 1.165) is 5.56 Å². The number of nitrogens with one attached hydrogen (secondary N) is 1. The van der Waals surface area contributed by atoms with Gasteiger partial charge in [0.25, 0.3) is 0 Å². The SMILES string of the molecule is CC(C)NC(CCn1cccn1)(C(N)=O)c1ccccc1. The summed E-state index contributed by atoms with van der Waals surface area (Å²) in [6, 6.07) is 11.6. The normalized spacial score (nSPS) is 14.0. The molecule has 21 heavy (non-hydrogen) atoms. The molecule has 0 aliphatic heterocycles. The molecule has 1 heterocycles. The Labute approximate surface area is 125 Å². The van der Waals surface area contributed by atoms with Gasteiger partial charge in [0.15, 0.2) is 0 Å². The van der Waals surface area contributed by atoms with Crippen molar-refractivity contribution >= 4 is 5.91 Å². The van der Waals surface area contributed by atoms with Gasteiger partial charge < -0.3 is 5.73 Å². The number of rotatable bonds is 7. The second kappa shape index (κ2) is 6.54. The summed E-state index contributed by atoms with van der Waals surface area (Å²) in [4.78, 5) is 12.2. The van der Waals surface area contributed by atoms with Gasteiger partial charge in [0.1, 0.15) is 5.54 Å². The van der Waals surface area contributed by atoms with E-state index in [1.54, 1.807) is 6.20 Å². The number of carbonyl (C=O) groups is 1. The summed E-state index contributed by atoms with van der Waals surface area (Å²) in [5.41, 5.74) is 5.76. The Morgan fingerprint density at radius 2 is 2.05 bits per heavy atom. The van der Waals surface area contributed by atoms with Gasteiger partial charge in [-0.05, 0) is 31.9 Å². The Balaban J connectivity index is 2.33. The molecule has 0 saturated heterocycles. The molecule has 0 aliphatic rings. The lowest BCUT2D eigenvalue weighted by molar-refractivity contribution is -0.125. The molecule has 1 amide bonds. The first-order valence-electron chi connectivity index (χ1n) is 7.15. The van der Waals surface area contributed by atoms with Crippen molar-refractivity contribution in [1.29, 1.82) is 0 Å². The minimum atomic E-state index is -0.888. The number of nitrogens with two attached hydrogens (primary N) is 1. The lowest BCUT2D eigenvalue weighted by Gasteiger charge is -2.34. The maximum Gasteiger partial charge on any atom is 0.242 e. The van der Waals surface area contributed by atoms with Crippen LogP contribution in [0, 0.1) is 0 Å². The molecule has 5 heteroatoms. The maximum absolute atomic E-state index is 12.2. The lowest BCUT2D eigenvalue weighted by atomic mass is 9.85. The van der Waals surface area contributed by atoms with Crippen LogP contribution in [0.2, 0.25) is 0 Å². The topological polar surface area (TPSA) is 72.9 Å². The Bertz CT molecular complexity index is 565. The molecule has 3 N–H and O–H groups in total. The molecule has 2 aromatic rings. The van der Waals surface area contributed by atoms with Crippen LogP contribution in [0.3, 0.4) is 0 Å². The fourth-order valence-electron chi connectivity index (χ4n) is 2.57. The molecule has 1 unspecified atom stereocenters. The zero-order valence-electron chi connectivity index (χ0n) is 12.5. The third-order valence-corrected chi connectivity index (χ3v) is 3.50. The van der Waals surface area contributed by atoms with Crippen molar-refractivity contribution in [3.05, 3.63) is 54.4 Å². The van der Waals surface area contributed by atoms with Gasteiger partial charge in [0.05, 0.1) is 0 Å². The van der Waals surface area contributed by atoms with E-state index in [1.807, 2.05) is 61.1 Å². The molecule has 1 aromatic carbocycles. The van der Waals surface area contributed by atoms with Gasteiger partial charge >= 0.3 is 0 Å². The van der Waals surface area contributed by atoms with Crippen LogP contribution in [0.5, 0.6) is 0 Å². The van der Waals surface area contributed by atoms with Crippen LogP contribution in [0.25, 0.3) is 0 Å². The molecular weight excluding hydrogens is 264 g/mol. The van der Waals surface area contributed by atoms with E-state index < -0.39 is 5.54 Å². The van der Waals surface area contributed by atoms with Gasteiger partial charge in [0, 0.05) is 25.0 Å². The van der Waals surface area contributed by atoms with Crippen molar-refractivity contribution in [1.82, 2.24) is 15.1 Å². The quantitative estimate of drug-likeness (QED) is 0.813. The highest BCUT2D eigenvalue weighted by Gasteiger charge is 2.38. The van der Waals surface area contributed by atoms with Crippen molar-refractivity contribution in [3.8, 4) is 0 Å². The van der Waals surface area contributed by atoms with E-state index >= 15 is 0 Å². The molecule has 5 nitrogen and oxygen atoms in total. The van der Waals surface area contributed by atoms with Crippen molar-refractivity contribution in [3.63, 3.8) is 0 Å². The van der Waals surface area contributed by atoms with Crippen molar-refractivity contribution < 1.29 is 4.79 Å². The average Bonchev–Trinajstić information content (AvgIpc) is 2.97. The highest BCUT2D eigenvalue weighted by Crippen LogP contribution is 2.26. The zero-order chi connectivity index (χ0) is 15.3. The van der Waals surface area contributed by atoms with E-state index in [2.05, 4.69) is 10.4 Å². The summed E-state index contributed by atoms with van der Waals surface area (Å²) in [5.74, 6) is -0.366. The van der Waals surface area contributed by atoms with Crippen LogP contribution in [-0.4, -0.2) is 21.7 Å². The summed E-state index contributed by atoms with van der Waals surface area (Å²) in [5, 5.41) is 7.54. The van der Waals surface area contributed by atoms with Crippen molar-refractivity contribution in [2.24, 2.45) is 5.73 Å². The van der Waals surface area contributed by atoms with Crippen LogP contribution >= 0.6 is 0 Å². The number of carbonyl (C=O) groups excluding carboxylic acids is 1. The van der Waals surface area contributed by atoms with E-state index in [0.29, 0.717) is 13.0 Å². The molecule has 0 saturated carbocycles. The summed E-state index contributed by atoms with van der Waals surface area (Å²) < 4.78 is 1.81. The van der Waals surface area contributed by atoms with Crippen LogP contribution in [-0.2, 0) is 16.9 Å². The predicted molar refractivity (Wildman–Crippen MR) is 82.4 cm³/mol. The monoisotopic (exact) mass is 286 g/mol.